The molecule has 6 N–H and O–H groups in total. The molecule has 0 aromatic rings. The van der Waals surface area contributed by atoms with Crippen LogP contribution >= 0.6 is 0 Å². The normalized spacial score (nSPS) is 25.7. The number of nitrogens with zero attached hydrogens (tertiary/aromatic N) is 3. The van der Waals surface area contributed by atoms with Gasteiger partial charge in [0, 0.05) is 6.54 Å². The van der Waals surface area contributed by atoms with E-state index in [1.165, 1.54) is 0 Å². The van der Waals surface area contributed by atoms with Crippen molar-refractivity contribution in [2.75, 3.05) is 6.54 Å². The molecular weight excluding hydrogens is 455 g/mol. The molecule has 3 aliphatic heterocycles. The molecule has 1 saturated heterocycles. The Morgan fingerprint density at radius 2 is 1.71 bits per heavy atom. The Bertz CT molecular complexity index is 744. The van der Waals surface area contributed by atoms with E-state index < -0.39 is 35.1 Å². The molecule has 0 aromatic heterocycles. The van der Waals surface area contributed by atoms with Gasteiger partial charge >= 0.3 is 22.3 Å². The smallest absolute Gasteiger partial charge is 0.714 e. The van der Waals surface area contributed by atoms with Gasteiger partial charge in [-0.05, 0) is 45.9 Å². The molecule has 178 valence electrons. The van der Waals surface area contributed by atoms with Gasteiger partial charge in [0.15, 0.2) is 5.54 Å². The van der Waals surface area contributed by atoms with E-state index in [0.717, 1.165) is 9.80 Å². The molecule has 31 heavy (non-hydrogen) atoms. The Balaban J connectivity index is 0.000000575. The number of carboxylic acids is 2. The number of nitrogens with one attached hydrogen (secondary N) is 1. The van der Waals surface area contributed by atoms with Crippen LogP contribution in [0.1, 0.15) is 47.0 Å². The van der Waals surface area contributed by atoms with Crippen molar-refractivity contribution in [3.05, 3.63) is 34.4 Å². The first kappa shape index (κ1) is 28.9. The van der Waals surface area contributed by atoms with Gasteiger partial charge in [0.1, 0.15) is 11.2 Å². The van der Waals surface area contributed by atoms with E-state index in [9.17, 15) is 20.0 Å². The second kappa shape index (κ2) is 10.9. The number of aliphatic carboxylic acids is 2. The number of piperidine rings is 1. The van der Waals surface area contributed by atoms with Crippen molar-refractivity contribution < 1.29 is 51.7 Å². The van der Waals surface area contributed by atoms with E-state index in [-0.39, 0.29) is 27.8 Å². The fourth-order valence-electron chi connectivity index (χ4n) is 3.21. The zero-order valence-corrected chi connectivity index (χ0v) is 18.9. The van der Waals surface area contributed by atoms with E-state index in [4.69, 9.17) is 10.2 Å². The first-order valence-electron chi connectivity index (χ1n) is 9.51. The molecule has 0 radical (unpaired) electrons. The number of rotatable bonds is 3. The third-order valence-electron chi connectivity index (χ3n) is 5.86. The van der Waals surface area contributed by atoms with Crippen molar-refractivity contribution in [3.63, 3.8) is 0 Å². The largest absolute Gasteiger partial charge is 2.00 e. The summed E-state index contributed by atoms with van der Waals surface area (Å²) in [4.78, 5) is 20.9. The van der Waals surface area contributed by atoms with E-state index in [2.05, 4.69) is 10.6 Å². The molecule has 0 aromatic carbocycles. The van der Waals surface area contributed by atoms with Crippen LogP contribution in [0.15, 0.2) is 23.9 Å². The SMILES string of the molecule is CC1(C)N(O)C(C2=CC=CCN2)=[N+]([O-])C1(C)C.O.O=C(O)C1CCCC(C(=O)O)[N-]1.[Ni+2]. The van der Waals surface area contributed by atoms with E-state index in [0.29, 0.717) is 31.5 Å². The molecular formula is C19H31N4NiO7+. The topological polar surface area (TPSA) is 182 Å². The molecule has 1 fully saturated rings. The van der Waals surface area contributed by atoms with Crippen LogP contribution < -0.4 is 5.32 Å². The molecule has 0 amide bonds. The van der Waals surface area contributed by atoms with Crippen LogP contribution in [-0.2, 0) is 26.1 Å². The Kier molecular flexibility index (Phi) is 10.2. The first-order chi connectivity index (χ1) is 13.4. The van der Waals surface area contributed by atoms with Gasteiger partial charge in [0.05, 0.1) is 0 Å². The molecule has 0 bridgehead atoms. The maximum Gasteiger partial charge on any atom is 2.00 e. The van der Waals surface area contributed by atoms with Gasteiger partial charge in [-0.2, -0.15) is 0 Å². The van der Waals surface area contributed by atoms with Crippen molar-refractivity contribution in [3.8, 4) is 0 Å². The molecule has 3 aliphatic rings. The molecule has 3 heterocycles. The Morgan fingerprint density at radius 3 is 2.06 bits per heavy atom. The minimum absolute atomic E-state index is 0. The predicted octanol–water partition coefficient (Wildman–Crippen LogP) is 0.824. The minimum Gasteiger partial charge on any atom is -0.714 e. The van der Waals surface area contributed by atoms with Crippen LogP contribution in [0.3, 0.4) is 0 Å². The molecule has 2 unspecified atom stereocenters. The minimum atomic E-state index is -1.03. The van der Waals surface area contributed by atoms with Crippen LogP contribution in [0.25, 0.3) is 5.32 Å². The number of allylic oxidation sites excluding steroid dienone is 2. The summed E-state index contributed by atoms with van der Waals surface area (Å²) in [6.07, 6.45) is 7.16. The summed E-state index contributed by atoms with van der Waals surface area (Å²) >= 11 is 0. The molecule has 11 nitrogen and oxygen atoms in total. The van der Waals surface area contributed by atoms with Crippen LogP contribution in [0, 0.1) is 5.21 Å². The standard InChI is InChI=1S/C12H19N3O2.C7H10NO4.Ni.H2O/c1-11(2)12(3,4)15(17)10(14(11)16)9-7-5-6-8-13-9;9-6(10)4-2-1-3-5(8-4)7(11)12;;/h5-7,13,16H,8H2,1-4H3;4-5H,1-3H2,(H,9,10)(H,11,12);;1H2/q;-1;+2;. The summed E-state index contributed by atoms with van der Waals surface area (Å²) in [6.45, 7) is 8.02. The third kappa shape index (κ3) is 5.76. The van der Waals surface area contributed by atoms with E-state index in [1.54, 1.807) is 6.08 Å². The number of carboxylic acid groups (broad SMARTS) is 2. The maximum absolute atomic E-state index is 12.3. The predicted molar refractivity (Wildman–Crippen MR) is 109 cm³/mol. The first-order valence-corrected chi connectivity index (χ1v) is 9.51. The van der Waals surface area contributed by atoms with Crippen molar-refractivity contribution >= 4 is 17.8 Å². The van der Waals surface area contributed by atoms with Crippen LogP contribution in [0.4, 0.5) is 0 Å². The average molecular weight is 486 g/mol. The van der Waals surface area contributed by atoms with Crippen molar-refractivity contribution in [2.24, 2.45) is 0 Å². The van der Waals surface area contributed by atoms with Crippen LogP contribution in [-0.4, -0.2) is 78.2 Å². The van der Waals surface area contributed by atoms with Gasteiger partial charge in [-0.25, -0.2) is 5.21 Å². The average Bonchev–Trinajstić information content (AvgIpc) is 2.80. The second-order valence-corrected chi connectivity index (χ2v) is 8.23. The molecule has 2 atom stereocenters. The van der Waals surface area contributed by atoms with Gasteiger partial charge in [-0.3, -0.25) is 14.3 Å². The fourth-order valence-corrected chi connectivity index (χ4v) is 3.21. The molecule has 0 spiro atoms. The number of dihydropyridines is 1. The third-order valence-corrected chi connectivity index (χ3v) is 5.86. The fraction of sp³-hybridized carbons (Fsp3) is 0.632. The Labute approximate surface area is 191 Å². The summed E-state index contributed by atoms with van der Waals surface area (Å²) in [6, 6.07) is -1.64. The van der Waals surface area contributed by atoms with E-state index >= 15 is 0 Å². The summed E-state index contributed by atoms with van der Waals surface area (Å²) in [5.41, 5.74) is -0.683. The van der Waals surface area contributed by atoms with Gasteiger partial charge in [-0.15, -0.1) is 5.06 Å². The van der Waals surface area contributed by atoms with Crippen molar-refractivity contribution in [2.45, 2.75) is 70.1 Å². The summed E-state index contributed by atoms with van der Waals surface area (Å²) in [5.74, 6) is -1.77. The monoisotopic (exact) mass is 485 g/mol. The number of hydrogen-bond donors (Lipinski definition) is 4. The van der Waals surface area contributed by atoms with Crippen molar-refractivity contribution in [1.29, 1.82) is 0 Å². The van der Waals surface area contributed by atoms with Gasteiger partial charge in [0.25, 0.3) is 11.9 Å². The van der Waals surface area contributed by atoms with Gasteiger partial charge < -0.3 is 31.5 Å². The van der Waals surface area contributed by atoms with Crippen molar-refractivity contribution in [1.82, 2.24) is 10.4 Å². The van der Waals surface area contributed by atoms with E-state index in [1.807, 2.05) is 39.8 Å². The number of hydroxylamine groups is 3. The summed E-state index contributed by atoms with van der Waals surface area (Å²) in [7, 11) is 0. The maximum atomic E-state index is 12.3. The van der Waals surface area contributed by atoms with Crippen LogP contribution in [0.2, 0.25) is 0 Å². The van der Waals surface area contributed by atoms with Gasteiger partial charge in [-0.1, -0.05) is 31.4 Å². The quantitative estimate of drug-likeness (QED) is 0.257. The number of carbonyl (C=O) groups is 2. The molecule has 0 saturated carbocycles. The molecule has 0 aliphatic carbocycles. The molecule has 12 heteroatoms. The van der Waals surface area contributed by atoms with Gasteiger partial charge in [0.2, 0.25) is 0 Å². The van der Waals surface area contributed by atoms with Crippen LogP contribution in [0.5, 0.6) is 0 Å². The number of hydrogen-bond acceptors (Lipinski definition) is 6. The Morgan fingerprint density at radius 1 is 1.19 bits per heavy atom. The summed E-state index contributed by atoms with van der Waals surface area (Å²) in [5, 5.41) is 47.5. The molecule has 3 rings (SSSR count). The zero-order valence-electron chi connectivity index (χ0n) is 17.9. The summed E-state index contributed by atoms with van der Waals surface area (Å²) < 4.78 is 0.880. The Hall–Kier alpha value is -2.14. The zero-order chi connectivity index (χ0) is 22.0. The number of amidine groups is 1. The second-order valence-electron chi connectivity index (χ2n) is 8.23.